The molecule has 0 unspecified atom stereocenters. The minimum absolute atomic E-state index is 0.0640. The van der Waals surface area contributed by atoms with E-state index in [9.17, 15) is 14.9 Å². The first-order chi connectivity index (χ1) is 16.6. The molecule has 2 aromatic carbocycles. The SMILES string of the molecule is CC1=C(C(=O)Nc2ccccc2)[C@H](c2ccccc2)C(C#N)=C(SCC(=O)Nc2ccco2)N1. The van der Waals surface area contributed by atoms with Gasteiger partial charge in [0, 0.05) is 23.0 Å². The normalized spacial score (nSPS) is 15.4. The number of para-hydroxylation sites is 1. The smallest absolute Gasteiger partial charge is 0.254 e. The number of nitriles is 1. The van der Waals surface area contributed by atoms with Crippen LogP contribution in [0.5, 0.6) is 0 Å². The molecule has 0 radical (unpaired) electrons. The number of hydrogen-bond donors (Lipinski definition) is 3. The van der Waals surface area contributed by atoms with Gasteiger partial charge in [-0.1, -0.05) is 60.3 Å². The summed E-state index contributed by atoms with van der Waals surface area (Å²) in [5.41, 5.74) is 2.94. The maximum Gasteiger partial charge on any atom is 0.254 e. The second kappa shape index (κ2) is 10.6. The number of rotatable bonds is 7. The summed E-state index contributed by atoms with van der Waals surface area (Å²) in [5, 5.41) is 19.4. The maximum atomic E-state index is 13.4. The van der Waals surface area contributed by atoms with Gasteiger partial charge in [0.1, 0.15) is 0 Å². The van der Waals surface area contributed by atoms with Gasteiger partial charge in [0.15, 0.2) is 5.88 Å². The number of allylic oxidation sites excluding steroid dienone is 2. The van der Waals surface area contributed by atoms with Crippen LogP contribution in [0, 0.1) is 11.3 Å². The van der Waals surface area contributed by atoms with E-state index in [4.69, 9.17) is 4.42 Å². The van der Waals surface area contributed by atoms with E-state index in [1.165, 1.54) is 18.0 Å². The Labute approximate surface area is 201 Å². The Kier molecular flexibility index (Phi) is 7.16. The fraction of sp³-hybridized carbons (Fsp3) is 0.115. The monoisotopic (exact) mass is 470 g/mol. The van der Waals surface area contributed by atoms with Crippen LogP contribution in [0.25, 0.3) is 0 Å². The number of nitrogens with one attached hydrogen (secondary N) is 3. The molecule has 34 heavy (non-hydrogen) atoms. The summed E-state index contributed by atoms with van der Waals surface area (Å²) in [7, 11) is 0. The highest BCUT2D eigenvalue weighted by Gasteiger charge is 2.34. The van der Waals surface area contributed by atoms with Gasteiger partial charge in [0.2, 0.25) is 5.91 Å². The molecule has 0 spiro atoms. The van der Waals surface area contributed by atoms with Crippen LogP contribution in [0.1, 0.15) is 18.4 Å². The van der Waals surface area contributed by atoms with Crippen molar-refractivity contribution in [3.8, 4) is 6.07 Å². The summed E-state index contributed by atoms with van der Waals surface area (Å²) in [5.74, 6) is -0.717. The van der Waals surface area contributed by atoms with Gasteiger partial charge in [-0.2, -0.15) is 5.26 Å². The van der Waals surface area contributed by atoms with E-state index < -0.39 is 5.92 Å². The number of dihydropyridines is 1. The predicted molar refractivity (Wildman–Crippen MR) is 133 cm³/mol. The summed E-state index contributed by atoms with van der Waals surface area (Å²) >= 11 is 1.21. The van der Waals surface area contributed by atoms with Crippen molar-refractivity contribution in [1.29, 1.82) is 5.26 Å². The Hall–Kier alpha value is -4.22. The summed E-state index contributed by atoms with van der Waals surface area (Å²) in [4.78, 5) is 25.7. The van der Waals surface area contributed by atoms with Crippen molar-refractivity contribution >= 4 is 35.1 Å². The molecule has 3 N–H and O–H groups in total. The van der Waals surface area contributed by atoms with Crippen LogP contribution in [0.4, 0.5) is 11.6 Å². The fourth-order valence-electron chi connectivity index (χ4n) is 3.69. The number of furan rings is 1. The highest BCUT2D eigenvalue weighted by atomic mass is 32.2. The van der Waals surface area contributed by atoms with Crippen LogP contribution in [0.3, 0.4) is 0 Å². The first-order valence-electron chi connectivity index (χ1n) is 10.6. The van der Waals surface area contributed by atoms with Gasteiger partial charge in [-0.3, -0.25) is 14.9 Å². The Balaban J connectivity index is 1.63. The van der Waals surface area contributed by atoms with E-state index in [0.29, 0.717) is 33.4 Å². The van der Waals surface area contributed by atoms with E-state index in [1.807, 2.05) is 60.7 Å². The number of nitrogens with zero attached hydrogens (tertiary/aromatic N) is 1. The minimum Gasteiger partial charge on any atom is -0.449 e. The fourth-order valence-corrected chi connectivity index (χ4v) is 4.58. The maximum absolute atomic E-state index is 13.4. The lowest BCUT2D eigenvalue weighted by Gasteiger charge is -2.29. The molecule has 1 atom stereocenters. The first kappa shape index (κ1) is 23.0. The molecule has 2 heterocycles. The van der Waals surface area contributed by atoms with E-state index in [1.54, 1.807) is 19.1 Å². The number of thioether (sulfide) groups is 1. The highest BCUT2D eigenvalue weighted by Crippen LogP contribution is 2.40. The van der Waals surface area contributed by atoms with Crippen molar-refractivity contribution in [2.45, 2.75) is 12.8 Å². The third kappa shape index (κ3) is 5.22. The van der Waals surface area contributed by atoms with Crippen LogP contribution in [-0.2, 0) is 9.59 Å². The Bertz CT molecular complexity index is 1280. The number of carbonyl (C=O) groups is 2. The van der Waals surface area contributed by atoms with Crippen molar-refractivity contribution in [2.75, 3.05) is 16.4 Å². The largest absolute Gasteiger partial charge is 0.449 e. The van der Waals surface area contributed by atoms with Crippen molar-refractivity contribution < 1.29 is 14.0 Å². The number of amides is 2. The number of benzene rings is 2. The Morgan fingerprint density at radius 1 is 1.03 bits per heavy atom. The van der Waals surface area contributed by atoms with E-state index >= 15 is 0 Å². The van der Waals surface area contributed by atoms with Crippen LogP contribution in [-0.4, -0.2) is 17.6 Å². The zero-order valence-electron chi connectivity index (χ0n) is 18.4. The molecular weight excluding hydrogens is 448 g/mol. The standard InChI is InChI=1S/C26H22N4O3S/c1-17-23(25(32)29-19-11-6-3-7-12-19)24(18-9-4-2-5-10-18)20(15-27)26(28-17)34-16-21(31)30-22-13-8-14-33-22/h2-14,24,28H,16H2,1H3,(H,29,32)(H,30,31)/t24-/m1/s1. The van der Waals surface area contributed by atoms with Gasteiger partial charge in [-0.05, 0) is 30.7 Å². The number of hydrogen-bond acceptors (Lipinski definition) is 6. The lowest BCUT2D eigenvalue weighted by atomic mass is 9.82. The molecule has 0 fully saturated rings. The highest BCUT2D eigenvalue weighted by molar-refractivity contribution is 8.03. The van der Waals surface area contributed by atoms with Crippen molar-refractivity contribution in [2.24, 2.45) is 0 Å². The average molecular weight is 471 g/mol. The van der Waals surface area contributed by atoms with Crippen molar-refractivity contribution in [3.05, 3.63) is 106 Å². The molecule has 0 bridgehead atoms. The first-order valence-corrected chi connectivity index (χ1v) is 11.5. The zero-order valence-corrected chi connectivity index (χ0v) is 19.2. The molecule has 7 nitrogen and oxygen atoms in total. The van der Waals surface area contributed by atoms with Gasteiger partial charge in [0.05, 0.1) is 34.6 Å². The van der Waals surface area contributed by atoms with E-state index in [-0.39, 0.29) is 17.6 Å². The summed E-state index contributed by atoms with van der Waals surface area (Å²) in [6, 6.07) is 24.2. The average Bonchev–Trinajstić information content (AvgIpc) is 3.36. The van der Waals surface area contributed by atoms with E-state index in [2.05, 4.69) is 22.0 Å². The lowest BCUT2D eigenvalue weighted by molar-refractivity contribution is -0.114. The third-order valence-corrected chi connectivity index (χ3v) is 6.21. The van der Waals surface area contributed by atoms with E-state index in [0.717, 1.165) is 5.56 Å². The van der Waals surface area contributed by atoms with Crippen LogP contribution < -0.4 is 16.0 Å². The van der Waals surface area contributed by atoms with Gasteiger partial charge < -0.3 is 15.1 Å². The van der Waals surface area contributed by atoms with Crippen LogP contribution >= 0.6 is 11.8 Å². The zero-order chi connectivity index (χ0) is 23.9. The second-order valence-corrected chi connectivity index (χ2v) is 8.48. The molecule has 0 saturated carbocycles. The predicted octanol–water partition coefficient (Wildman–Crippen LogP) is 4.99. The number of carbonyl (C=O) groups excluding carboxylic acids is 2. The second-order valence-electron chi connectivity index (χ2n) is 7.50. The minimum atomic E-state index is -0.577. The quantitative estimate of drug-likeness (QED) is 0.449. The summed E-state index contributed by atoms with van der Waals surface area (Å²) < 4.78 is 5.15. The third-order valence-electron chi connectivity index (χ3n) is 5.19. The summed E-state index contributed by atoms with van der Waals surface area (Å²) in [6.07, 6.45) is 1.47. The van der Waals surface area contributed by atoms with Crippen LogP contribution in [0.15, 0.2) is 105 Å². The molecule has 170 valence electrons. The Morgan fingerprint density at radius 2 is 1.74 bits per heavy atom. The van der Waals surface area contributed by atoms with Crippen molar-refractivity contribution in [1.82, 2.24) is 5.32 Å². The van der Waals surface area contributed by atoms with Gasteiger partial charge in [-0.25, -0.2) is 0 Å². The topological polar surface area (TPSA) is 107 Å². The molecule has 3 aromatic rings. The molecular formula is C26H22N4O3S. The Morgan fingerprint density at radius 3 is 2.38 bits per heavy atom. The van der Waals surface area contributed by atoms with Gasteiger partial charge >= 0.3 is 0 Å². The van der Waals surface area contributed by atoms with Gasteiger partial charge in [-0.15, -0.1) is 0 Å². The summed E-state index contributed by atoms with van der Waals surface area (Å²) in [6.45, 7) is 1.80. The molecule has 1 aromatic heterocycles. The molecule has 8 heteroatoms. The molecule has 1 aliphatic heterocycles. The number of anilines is 2. The molecule has 4 rings (SSSR count). The van der Waals surface area contributed by atoms with Crippen LogP contribution in [0.2, 0.25) is 0 Å². The molecule has 0 saturated heterocycles. The molecule has 1 aliphatic rings. The molecule has 0 aliphatic carbocycles. The van der Waals surface area contributed by atoms with Crippen molar-refractivity contribution in [3.63, 3.8) is 0 Å². The van der Waals surface area contributed by atoms with Gasteiger partial charge in [0.25, 0.3) is 5.91 Å². The molecule has 2 amide bonds. The lowest BCUT2D eigenvalue weighted by Crippen LogP contribution is -2.31.